The number of nitrogens with one attached hydrogen (secondary N) is 2. The molecule has 0 unspecified atom stereocenters. The van der Waals surface area contributed by atoms with Crippen LogP contribution in [0.25, 0.3) is 0 Å². The molecule has 6 nitrogen and oxygen atoms in total. The number of para-hydroxylation sites is 1. The number of carbonyl (C=O) groups excluding carboxylic acids is 1. The first kappa shape index (κ1) is 21.9. The van der Waals surface area contributed by atoms with E-state index in [1.807, 2.05) is 18.2 Å². The van der Waals surface area contributed by atoms with Gasteiger partial charge in [0.1, 0.15) is 0 Å². The maximum atomic E-state index is 12.9. The molecule has 3 aromatic rings. The fourth-order valence-electron chi connectivity index (χ4n) is 3.83. The number of nitrogens with zero attached hydrogens (tertiary/aromatic N) is 1. The highest BCUT2D eigenvalue weighted by Gasteiger charge is 2.19. The number of anilines is 2. The summed E-state index contributed by atoms with van der Waals surface area (Å²) in [5, 5.41) is 2.88. The number of sulfonamides is 1. The lowest BCUT2D eigenvalue weighted by Gasteiger charge is -2.17. The first-order valence-electron chi connectivity index (χ1n) is 10.7. The summed E-state index contributed by atoms with van der Waals surface area (Å²) in [4.78, 5) is 15.2. The van der Waals surface area contributed by atoms with Crippen LogP contribution in [-0.4, -0.2) is 27.4 Å². The van der Waals surface area contributed by atoms with E-state index in [9.17, 15) is 13.2 Å². The number of rotatable bonds is 7. The van der Waals surface area contributed by atoms with Crippen LogP contribution in [0.5, 0.6) is 0 Å². The lowest BCUT2D eigenvalue weighted by atomic mass is 10.1. The lowest BCUT2D eigenvalue weighted by Crippen LogP contribution is -2.24. The summed E-state index contributed by atoms with van der Waals surface area (Å²) in [5.74, 6) is -0.315. The zero-order valence-corrected chi connectivity index (χ0v) is 18.9. The zero-order chi connectivity index (χ0) is 22.6. The van der Waals surface area contributed by atoms with Crippen molar-refractivity contribution >= 4 is 27.3 Å². The van der Waals surface area contributed by atoms with Gasteiger partial charge in [-0.15, -0.1) is 0 Å². The third kappa shape index (κ3) is 5.11. The van der Waals surface area contributed by atoms with Crippen LogP contribution in [0.3, 0.4) is 0 Å². The maximum absolute atomic E-state index is 12.9. The van der Waals surface area contributed by atoms with E-state index in [0.29, 0.717) is 23.4 Å². The summed E-state index contributed by atoms with van der Waals surface area (Å²) in [6.07, 6.45) is 2.46. The number of aryl methyl sites for hydroxylation is 1. The molecule has 0 saturated carbocycles. The van der Waals surface area contributed by atoms with Gasteiger partial charge in [-0.3, -0.25) is 9.52 Å². The van der Waals surface area contributed by atoms with Gasteiger partial charge >= 0.3 is 0 Å². The molecule has 1 amide bonds. The van der Waals surface area contributed by atoms with E-state index in [1.165, 1.54) is 24.6 Å². The molecule has 0 bridgehead atoms. The minimum atomic E-state index is -3.81. The van der Waals surface area contributed by atoms with Crippen LogP contribution in [-0.2, 0) is 16.6 Å². The van der Waals surface area contributed by atoms with Gasteiger partial charge in [0.05, 0.1) is 4.90 Å². The third-order valence-electron chi connectivity index (χ3n) is 5.63. The molecule has 1 saturated heterocycles. The van der Waals surface area contributed by atoms with E-state index in [-0.39, 0.29) is 10.8 Å². The monoisotopic (exact) mass is 449 g/mol. The zero-order valence-electron chi connectivity index (χ0n) is 18.0. The van der Waals surface area contributed by atoms with E-state index >= 15 is 0 Å². The van der Waals surface area contributed by atoms with Crippen molar-refractivity contribution in [2.45, 2.75) is 31.2 Å². The van der Waals surface area contributed by atoms with E-state index in [4.69, 9.17) is 0 Å². The van der Waals surface area contributed by atoms with Gasteiger partial charge in [0.15, 0.2) is 0 Å². The molecular weight excluding hydrogens is 422 g/mol. The lowest BCUT2D eigenvalue weighted by molar-refractivity contribution is 0.0950. The molecule has 0 atom stereocenters. The molecule has 7 heteroatoms. The molecule has 1 aliphatic rings. The highest BCUT2D eigenvalue weighted by atomic mass is 32.2. The summed E-state index contributed by atoms with van der Waals surface area (Å²) in [7, 11) is -3.81. The standard InChI is InChI=1S/C25H27N3O3S/c1-19-9-12-21(17-24(19)32(30,31)27-22-7-3-2-4-8-22)25(29)26-18-20-10-13-23(14-11-20)28-15-5-6-16-28/h2-4,7-14,17,27H,5-6,15-16,18H2,1H3,(H,26,29). The Labute approximate surface area is 189 Å². The summed E-state index contributed by atoms with van der Waals surface area (Å²) >= 11 is 0. The van der Waals surface area contributed by atoms with Crippen molar-refractivity contribution in [1.82, 2.24) is 5.32 Å². The Morgan fingerprint density at radius 3 is 2.31 bits per heavy atom. The largest absolute Gasteiger partial charge is 0.372 e. The Morgan fingerprint density at radius 1 is 0.938 bits per heavy atom. The van der Waals surface area contributed by atoms with Crippen LogP contribution >= 0.6 is 0 Å². The normalized spacial score (nSPS) is 13.7. The first-order valence-corrected chi connectivity index (χ1v) is 12.2. The quantitative estimate of drug-likeness (QED) is 0.563. The number of hydrogen-bond donors (Lipinski definition) is 2. The molecule has 4 rings (SSSR count). The van der Waals surface area contributed by atoms with Crippen molar-refractivity contribution in [3.05, 3.63) is 89.5 Å². The van der Waals surface area contributed by atoms with Crippen LogP contribution < -0.4 is 14.9 Å². The highest BCUT2D eigenvalue weighted by Crippen LogP contribution is 2.22. The fourth-order valence-corrected chi connectivity index (χ4v) is 5.16. The first-order chi connectivity index (χ1) is 15.4. The van der Waals surface area contributed by atoms with Gasteiger partial charge in [-0.2, -0.15) is 0 Å². The minimum Gasteiger partial charge on any atom is -0.372 e. The van der Waals surface area contributed by atoms with Crippen molar-refractivity contribution in [3.8, 4) is 0 Å². The van der Waals surface area contributed by atoms with E-state index in [2.05, 4.69) is 27.1 Å². The van der Waals surface area contributed by atoms with Crippen molar-refractivity contribution < 1.29 is 13.2 Å². The van der Waals surface area contributed by atoms with Crippen LogP contribution in [0, 0.1) is 6.92 Å². The van der Waals surface area contributed by atoms with Gasteiger partial charge in [0, 0.05) is 36.6 Å². The van der Waals surface area contributed by atoms with Gasteiger partial charge in [0.2, 0.25) is 0 Å². The Kier molecular flexibility index (Phi) is 6.46. The van der Waals surface area contributed by atoms with Gasteiger partial charge in [-0.25, -0.2) is 8.42 Å². The van der Waals surface area contributed by atoms with Crippen LogP contribution in [0.1, 0.15) is 34.3 Å². The summed E-state index contributed by atoms with van der Waals surface area (Å²) in [6.45, 7) is 4.27. The average Bonchev–Trinajstić information content (AvgIpc) is 3.33. The molecule has 0 radical (unpaired) electrons. The molecule has 1 aliphatic heterocycles. The van der Waals surface area contributed by atoms with Gasteiger partial charge < -0.3 is 10.2 Å². The highest BCUT2D eigenvalue weighted by molar-refractivity contribution is 7.92. The molecule has 0 aliphatic carbocycles. The molecule has 1 heterocycles. The van der Waals surface area contributed by atoms with Crippen LogP contribution in [0.4, 0.5) is 11.4 Å². The Bertz CT molecular complexity index is 1190. The van der Waals surface area contributed by atoms with Crippen LogP contribution in [0.15, 0.2) is 77.7 Å². The van der Waals surface area contributed by atoms with Gasteiger partial charge in [-0.05, 0) is 67.3 Å². The molecular formula is C25H27N3O3S. The smallest absolute Gasteiger partial charge is 0.262 e. The molecule has 0 aromatic heterocycles. The van der Waals surface area contributed by atoms with E-state index in [1.54, 1.807) is 43.3 Å². The molecule has 3 aromatic carbocycles. The van der Waals surface area contributed by atoms with E-state index in [0.717, 1.165) is 18.7 Å². The minimum absolute atomic E-state index is 0.0870. The Hall–Kier alpha value is -3.32. The predicted molar refractivity (Wildman–Crippen MR) is 127 cm³/mol. The second-order valence-electron chi connectivity index (χ2n) is 8.00. The van der Waals surface area contributed by atoms with Gasteiger partial charge in [0.25, 0.3) is 15.9 Å². The Balaban J connectivity index is 1.44. The molecule has 2 N–H and O–H groups in total. The van der Waals surface area contributed by atoms with Crippen molar-refractivity contribution in [3.63, 3.8) is 0 Å². The Morgan fingerprint density at radius 2 is 1.62 bits per heavy atom. The molecule has 166 valence electrons. The SMILES string of the molecule is Cc1ccc(C(=O)NCc2ccc(N3CCCC3)cc2)cc1S(=O)(=O)Nc1ccccc1. The molecule has 0 spiro atoms. The second-order valence-corrected chi connectivity index (χ2v) is 9.65. The summed E-state index contributed by atoms with van der Waals surface area (Å²) in [5.41, 5.74) is 3.54. The number of benzene rings is 3. The fraction of sp³-hybridized carbons (Fsp3) is 0.240. The second kappa shape index (κ2) is 9.44. The number of carbonyl (C=O) groups is 1. The predicted octanol–water partition coefficient (Wildman–Crippen LogP) is 4.33. The van der Waals surface area contributed by atoms with Crippen molar-refractivity contribution in [1.29, 1.82) is 0 Å². The molecule has 32 heavy (non-hydrogen) atoms. The average molecular weight is 450 g/mol. The number of amides is 1. The maximum Gasteiger partial charge on any atom is 0.262 e. The van der Waals surface area contributed by atoms with Crippen LogP contribution in [0.2, 0.25) is 0 Å². The summed E-state index contributed by atoms with van der Waals surface area (Å²) in [6, 6.07) is 21.6. The molecule has 1 fully saturated rings. The van der Waals surface area contributed by atoms with E-state index < -0.39 is 10.0 Å². The summed E-state index contributed by atoms with van der Waals surface area (Å²) < 4.78 is 28.3. The van der Waals surface area contributed by atoms with Crippen molar-refractivity contribution in [2.24, 2.45) is 0 Å². The van der Waals surface area contributed by atoms with Crippen molar-refractivity contribution in [2.75, 3.05) is 22.7 Å². The topological polar surface area (TPSA) is 78.5 Å². The number of hydrogen-bond acceptors (Lipinski definition) is 4. The third-order valence-corrected chi connectivity index (χ3v) is 7.15. The van der Waals surface area contributed by atoms with Gasteiger partial charge in [-0.1, -0.05) is 36.4 Å².